The summed E-state index contributed by atoms with van der Waals surface area (Å²) in [5, 5.41) is 20.9. The first kappa shape index (κ1) is 26.0. The Hall–Kier alpha value is -4.12. The summed E-state index contributed by atoms with van der Waals surface area (Å²) < 4.78 is 27.4. The van der Waals surface area contributed by atoms with Crippen molar-refractivity contribution < 1.29 is 53.1 Å². The van der Waals surface area contributed by atoms with Gasteiger partial charge in [0.25, 0.3) is 0 Å². The molecule has 0 aliphatic carbocycles. The van der Waals surface area contributed by atoms with Crippen molar-refractivity contribution in [1.82, 2.24) is 0 Å². The first-order valence-corrected chi connectivity index (χ1v) is 11.2. The Balaban J connectivity index is 1.80. The summed E-state index contributed by atoms with van der Waals surface area (Å²) in [6.07, 6.45) is 0. The average molecular weight is 514 g/mol. The summed E-state index contributed by atoms with van der Waals surface area (Å²) in [7, 11) is 2.70. The smallest absolute Gasteiger partial charge is 0.343 e. The highest BCUT2D eigenvalue weighted by Crippen LogP contribution is 2.48. The lowest BCUT2D eigenvalue weighted by atomic mass is 9.85. The zero-order chi connectivity index (χ0) is 27.4. The van der Waals surface area contributed by atoms with Crippen molar-refractivity contribution in [2.24, 2.45) is 0 Å². The normalized spacial score (nSPS) is 21.7. The predicted molar refractivity (Wildman–Crippen MR) is 125 cm³/mol. The van der Waals surface area contributed by atoms with Crippen LogP contribution in [0.15, 0.2) is 12.1 Å². The monoisotopic (exact) mass is 514 g/mol. The molecule has 0 bridgehead atoms. The number of Topliss-reactive ketones (excluding diaryl/α,β-unsaturated/α-hetero) is 2. The van der Waals surface area contributed by atoms with E-state index >= 15 is 0 Å². The Labute approximate surface area is 211 Å². The minimum Gasteiger partial charge on any atom is -0.507 e. The largest absolute Gasteiger partial charge is 0.507 e. The highest BCUT2D eigenvalue weighted by atomic mass is 16.6. The molecule has 2 aromatic rings. The van der Waals surface area contributed by atoms with Crippen molar-refractivity contribution in [1.29, 1.82) is 0 Å². The molecule has 0 fully saturated rings. The second-order valence-corrected chi connectivity index (χ2v) is 9.10. The molecule has 0 saturated carbocycles. The van der Waals surface area contributed by atoms with Crippen LogP contribution in [-0.2, 0) is 48.2 Å². The second kappa shape index (κ2) is 8.77. The molecule has 2 heterocycles. The number of methoxy groups -OCH3 is 2. The summed E-state index contributed by atoms with van der Waals surface area (Å²) in [6, 6.07) is 2.45. The minimum atomic E-state index is -1.68. The summed E-state index contributed by atoms with van der Waals surface area (Å²) in [5.74, 6) is -3.18. The van der Waals surface area contributed by atoms with Crippen molar-refractivity contribution in [3.8, 4) is 23.0 Å². The third-order valence-electron chi connectivity index (χ3n) is 6.98. The van der Waals surface area contributed by atoms with Gasteiger partial charge in [0.05, 0.1) is 27.4 Å². The van der Waals surface area contributed by atoms with E-state index in [1.165, 1.54) is 54.0 Å². The zero-order valence-electron chi connectivity index (χ0n) is 21.1. The van der Waals surface area contributed by atoms with E-state index in [1.807, 2.05) is 0 Å². The maximum atomic E-state index is 12.5. The number of benzene rings is 2. The minimum absolute atomic E-state index is 0.122. The number of phenols is 2. The molecule has 0 radical (unpaired) electrons. The lowest BCUT2D eigenvalue weighted by Crippen LogP contribution is -2.32. The number of carbonyl (C=O) groups excluding carboxylic acids is 4. The molecule has 2 unspecified atom stereocenters. The molecule has 4 rings (SSSR count). The van der Waals surface area contributed by atoms with Gasteiger partial charge in [-0.25, -0.2) is 9.59 Å². The lowest BCUT2D eigenvalue weighted by molar-refractivity contribution is -0.134. The summed E-state index contributed by atoms with van der Waals surface area (Å²) in [4.78, 5) is 50.0. The van der Waals surface area contributed by atoms with Gasteiger partial charge >= 0.3 is 11.9 Å². The van der Waals surface area contributed by atoms with Crippen molar-refractivity contribution in [2.45, 2.75) is 52.1 Å². The van der Waals surface area contributed by atoms with E-state index in [1.54, 1.807) is 0 Å². The number of rotatable bonds is 8. The molecular formula is C26H26O11. The number of fused-ring (bicyclic) bond motifs is 2. The Morgan fingerprint density at radius 1 is 0.784 bits per heavy atom. The number of hydrogen-bond donors (Lipinski definition) is 2. The maximum Gasteiger partial charge on any atom is 0.343 e. The van der Waals surface area contributed by atoms with E-state index in [9.17, 15) is 29.4 Å². The van der Waals surface area contributed by atoms with Crippen LogP contribution in [0.25, 0.3) is 0 Å². The second-order valence-electron chi connectivity index (χ2n) is 9.10. The Kier molecular flexibility index (Phi) is 6.15. The Morgan fingerprint density at radius 2 is 1.14 bits per heavy atom. The molecule has 0 spiro atoms. The molecule has 11 nitrogen and oxygen atoms in total. The fourth-order valence-corrected chi connectivity index (χ4v) is 4.81. The van der Waals surface area contributed by atoms with Crippen LogP contribution in [0.2, 0.25) is 0 Å². The molecule has 2 aliphatic rings. The van der Waals surface area contributed by atoms with Gasteiger partial charge in [-0.15, -0.1) is 0 Å². The molecule has 0 aromatic heterocycles. The number of carbonyl (C=O) groups is 4. The number of hydrogen-bond acceptors (Lipinski definition) is 11. The zero-order valence-corrected chi connectivity index (χ0v) is 21.1. The standard InChI is InChI=1S/C26H26O11/c1-11(27)25(3)21-13(17(33-5)7-15(29)19(21)23(31)36-25)9-35-10-14-18(34-6)8-16(30)20-22(14)26(4,12(2)28)37-24(20)32/h7-8,29-30H,9-10H2,1-6H3. The summed E-state index contributed by atoms with van der Waals surface area (Å²) >= 11 is 0. The first-order valence-electron chi connectivity index (χ1n) is 11.2. The summed E-state index contributed by atoms with van der Waals surface area (Å²) in [5.41, 5.74) is -2.87. The van der Waals surface area contributed by atoms with Gasteiger partial charge in [-0.3, -0.25) is 9.59 Å². The molecule has 196 valence electrons. The summed E-state index contributed by atoms with van der Waals surface area (Å²) in [6.45, 7) is 4.89. The van der Waals surface area contributed by atoms with E-state index in [0.29, 0.717) is 0 Å². The van der Waals surface area contributed by atoms with Crippen LogP contribution in [0.5, 0.6) is 23.0 Å². The van der Waals surface area contributed by atoms with Gasteiger partial charge in [0.1, 0.15) is 34.1 Å². The number of aromatic hydroxyl groups is 2. The van der Waals surface area contributed by atoms with Crippen molar-refractivity contribution in [3.63, 3.8) is 0 Å². The molecule has 0 amide bonds. The Bertz CT molecular complexity index is 1270. The fourth-order valence-electron chi connectivity index (χ4n) is 4.81. The van der Waals surface area contributed by atoms with Crippen LogP contribution in [0.3, 0.4) is 0 Å². The number of ether oxygens (including phenoxy) is 5. The quantitative estimate of drug-likeness (QED) is 0.500. The van der Waals surface area contributed by atoms with Gasteiger partial charge in [-0.05, 0) is 27.7 Å². The third-order valence-corrected chi connectivity index (χ3v) is 6.98. The topological polar surface area (TPSA) is 155 Å². The van der Waals surface area contributed by atoms with Crippen LogP contribution < -0.4 is 9.47 Å². The van der Waals surface area contributed by atoms with E-state index in [-0.39, 0.29) is 58.1 Å². The van der Waals surface area contributed by atoms with E-state index in [0.717, 1.165) is 0 Å². The molecule has 2 aliphatic heterocycles. The van der Waals surface area contributed by atoms with Crippen LogP contribution >= 0.6 is 0 Å². The molecule has 11 heteroatoms. The van der Waals surface area contributed by atoms with Gasteiger partial charge < -0.3 is 33.9 Å². The van der Waals surface area contributed by atoms with Crippen LogP contribution in [0, 0.1) is 0 Å². The molecule has 2 aromatic carbocycles. The van der Waals surface area contributed by atoms with Crippen LogP contribution in [0.4, 0.5) is 0 Å². The predicted octanol–water partition coefficient (Wildman–Crippen LogP) is 2.78. The van der Waals surface area contributed by atoms with Crippen LogP contribution in [-0.4, -0.2) is 47.9 Å². The molecular weight excluding hydrogens is 488 g/mol. The SMILES string of the molecule is COc1cc(O)c2c(c1COCc1c(OC)cc(O)c3c1C(C)(C(C)=O)OC3=O)C(C)(C(C)=O)OC2=O. The van der Waals surface area contributed by atoms with Crippen molar-refractivity contribution in [3.05, 3.63) is 45.5 Å². The number of cyclic esters (lactones) is 2. The van der Waals surface area contributed by atoms with Gasteiger partial charge in [0.15, 0.2) is 22.8 Å². The number of esters is 2. The average Bonchev–Trinajstić information content (AvgIpc) is 3.27. The van der Waals surface area contributed by atoms with Crippen molar-refractivity contribution in [2.75, 3.05) is 14.2 Å². The van der Waals surface area contributed by atoms with E-state index in [2.05, 4.69) is 0 Å². The Morgan fingerprint density at radius 3 is 1.43 bits per heavy atom. The third kappa shape index (κ3) is 3.69. The van der Waals surface area contributed by atoms with Gasteiger partial charge in [-0.2, -0.15) is 0 Å². The molecule has 0 saturated heterocycles. The van der Waals surface area contributed by atoms with Gasteiger partial charge in [0.2, 0.25) is 0 Å². The van der Waals surface area contributed by atoms with Crippen molar-refractivity contribution >= 4 is 23.5 Å². The van der Waals surface area contributed by atoms with Gasteiger partial charge in [0, 0.05) is 34.4 Å². The first-order chi connectivity index (χ1) is 17.3. The number of ketones is 2. The number of phenolic OH excluding ortho intramolecular Hbond substituents is 2. The highest BCUT2D eigenvalue weighted by molar-refractivity contribution is 6.05. The molecule has 37 heavy (non-hydrogen) atoms. The fraction of sp³-hybridized carbons (Fsp3) is 0.385. The van der Waals surface area contributed by atoms with E-state index in [4.69, 9.17) is 23.7 Å². The highest BCUT2D eigenvalue weighted by Gasteiger charge is 2.51. The van der Waals surface area contributed by atoms with E-state index < -0.39 is 46.2 Å². The molecule has 2 N–H and O–H groups in total. The lowest BCUT2D eigenvalue weighted by Gasteiger charge is -2.25. The van der Waals surface area contributed by atoms with Crippen LogP contribution in [0.1, 0.15) is 70.7 Å². The molecule has 2 atom stereocenters. The van der Waals surface area contributed by atoms with Gasteiger partial charge in [-0.1, -0.05) is 0 Å². The maximum absolute atomic E-state index is 12.5.